The largest absolute Gasteiger partial charge is 0.312 e. The molecular formula is C20H23NOS. The number of carbonyl (C=O) groups excluding carboxylic acids is 1. The van der Waals surface area contributed by atoms with Gasteiger partial charge in [-0.2, -0.15) is 11.8 Å². The normalized spacial score (nSPS) is 13.7. The zero-order chi connectivity index (χ0) is 15.9. The fourth-order valence-corrected chi connectivity index (χ4v) is 3.94. The lowest BCUT2D eigenvalue weighted by Crippen LogP contribution is -2.35. The molecule has 0 unspecified atom stereocenters. The van der Waals surface area contributed by atoms with Crippen LogP contribution in [0.1, 0.15) is 30.4 Å². The van der Waals surface area contributed by atoms with Crippen LogP contribution in [0.5, 0.6) is 0 Å². The lowest BCUT2D eigenvalue weighted by Gasteiger charge is -2.29. The molecule has 0 spiro atoms. The molecule has 2 aromatic rings. The van der Waals surface area contributed by atoms with Crippen molar-refractivity contribution in [2.24, 2.45) is 0 Å². The van der Waals surface area contributed by atoms with Crippen LogP contribution in [0.3, 0.4) is 0 Å². The van der Waals surface area contributed by atoms with Gasteiger partial charge in [0.25, 0.3) is 0 Å². The predicted octanol–water partition coefficient (Wildman–Crippen LogP) is 4.68. The molecule has 0 saturated carbocycles. The molecule has 0 saturated heterocycles. The number of aryl methyl sites for hydroxylation is 1. The molecule has 23 heavy (non-hydrogen) atoms. The second-order valence-corrected chi connectivity index (χ2v) is 7.02. The number of nitrogens with zero attached hydrogens (tertiary/aromatic N) is 1. The fraction of sp³-hybridized carbons (Fsp3) is 0.350. The minimum atomic E-state index is 0.275. The van der Waals surface area contributed by atoms with Crippen LogP contribution in [0.25, 0.3) is 0 Å². The van der Waals surface area contributed by atoms with Crippen molar-refractivity contribution >= 4 is 23.4 Å². The second kappa shape index (κ2) is 8.21. The third-order valence-corrected chi connectivity index (χ3v) is 5.32. The van der Waals surface area contributed by atoms with Gasteiger partial charge in [-0.1, -0.05) is 48.5 Å². The number of carbonyl (C=O) groups is 1. The molecule has 0 radical (unpaired) electrons. The van der Waals surface area contributed by atoms with Crippen LogP contribution < -0.4 is 4.90 Å². The number of amides is 1. The molecule has 1 aliphatic rings. The van der Waals surface area contributed by atoms with Crippen molar-refractivity contribution in [2.75, 3.05) is 17.2 Å². The van der Waals surface area contributed by atoms with E-state index in [9.17, 15) is 4.79 Å². The molecule has 0 aliphatic carbocycles. The van der Waals surface area contributed by atoms with Crippen molar-refractivity contribution in [3.05, 3.63) is 65.7 Å². The Kier molecular flexibility index (Phi) is 5.76. The molecule has 1 heterocycles. The summed E-state index contributed by atoms with van der Waals surface area (Å²) in [6, 6.07) is 18.8. The number of benzene rings is 2. The Bertz CT molecular complexity index is 641. The van der Waals surface area contributed by atoms with Crippen LogP contribution in [0.15, 0.2) is 54.6 Å². The third kappa shape index (κ3) is 4.38. The molecule has 0 N–H and O–H groups in total. The van der Waals surface area contributed by atoms with Gasteiger partial charge in [0.1, 0.15) is 0 Å². The number of thioether (sulfide) groups is 1. The van der Waals surface area contributed by atoms with E-state index in [2.05, 4.69) is 42.5 Å². The molecule has 2 aromatic carbocycles. The van der Waals surface area contributed by atoms with Crippen molar-refractivity contribution < 1.29 is 4.79 Å². The Morgan fingerprint density at radius 1 is 1.04 bits per heavy atom. The smallest absolute Gasteiger partial charge is 0.227 e. The molecule has 0 aromatic heterocycles. The Balaban J connectivity index is 1.43. The SMILES string of the molecule is O=C(CCCSCc1ccccc1)N1CCCc2ccccc21. The van der Waals surface area contributed by atoms with Crippen LogP contribution in [0, 0.1) is 0 Å². The molecule has 0 bridgehead atoms. The summed E-state index contributed by atoms with van der Waals surface area (Å²) in [6.45, 7) is 0.868. The number of para-hydroxylation sites is 1. The van der Waals surface area contributed by atoms with Gasteiger partial charge in [0.2, 0.25) is 5.91 Å². The van der Waals surface area contributed by atoms with Gasteiger partial charge in [-0.3, -0.25) is 4.79 Å². The van der Waals surface area contributed by atoms with Crippen molar-refractivity contribution in [1.29, 1.82) is 0 Å². The first-order valence-corrected chi connectivity index (χ1v) is 9.50. The van der Waals surface area contributed by atoms with E-state index < -0.39 is 0 Å². The summed E-state index contributed by atoms with van der Waals surface area (Å²) >= 11 is 1.91. The van der Waals surface area contributed by atoms with E-state index >= 15 is 0 Å². The highest BCUT2D eigenvalue weighted by Gasteiger charge is 2.21. The minimum absolute atomic E-state index is 0.275. The molecule has 2 nitrogen and oxygen atoms in total. The van der Waals surface area contributed by atoms with Gasteiger partial charge in [0, 0.05) is 24.4 Å². The van der Waals surface area contributed by atoms with Crippen molar-refractivity contribution in [3.8, 4) is 0 Å². The average Bonchev–Trinajstić information content (AvgIpc) is 2.61. The third-order valence-electron chi connectivity index (χ3n) is 4.20. The topological polar surface area (TPSA) is 20.3 Å². The van der Waals surface area contributed by atoms with E-state index in [0.717, 1.165) is 43.0 Å². The van der Waals surface area contributed by atoms with Gasteiger partial charge in [0.15, 0.2) is 0 Å². The molecule has 3 heteroatoms. The quantitative estimate of drug-likeness (QED) is 0.719. The van der Waals surface area contributed by atoms with Crippen molar-refractivity contribution in [2.45, 2.75) is 31.4 Å². The van der Waals surface area contributed by atoms with Gasteiger partial charge in [-0.15, -0.1) is 0 Å². The van der Waals surface area contributed by atoms with Gasteiger partial charge >= 0.3 is 0 Å². The zero-order valence-electron chi connectivity index (χ0n) is 13.4. The minimum Gasteiger partial charge on any atom is -0.312 e. The van der Waals surface area contributed by atoms with Crippen molar-refractivity contribution in [3.63, 3.8) is 0 Å². The van der Waals surface area contributed by atoms with E-state index in [4.69, 9.17) is 0 Å². The summed E-state index contributed by atoms with van der Waals surface area (Å²) in [6.07, 6.45) is 3.77. The maximum absolute atomic E-state index is 12.5. The Morgan fingerprint density at radius 3 is 2.70 bits per heavy atom. The lowest BCUT2D eigenvalue weighted by molar-refractivity contribution is -0.118. The zero-order valence-corrected chi connectivity index (χ0v) is 14.2. The first-order chi connectivity index (χ1) is 11.3. The second-order valence-electron chi connectivity index (χ2n) is 5.92. The number of hydrogen-bond donors (Lipinski definition) is 0. The van der Waals surface area contributed by atoms with Gasteiger partial charge < -0.3 is 4.90 Å². The summed E-state index contributed by atoms with van der Waals surface area (Å²) in [5.41, 5.74) is 3.79. The highest BCUT2D eigenvalue weighted by molar-refractivity contribution is 7.98. The highest BCUT2D eigenvalue weighted by Crippen LogP contribution is 2.27. The van der Waals surface area contributed by atoms with Crippen molar-refractivity contribution in [1.82, 2.24) is 0 Å². The Hall–Kier alpha value is -1.74. The summed E-state index contributed by atoms with van der Waals surface area (Å²) in [5.74, 6) is 2.34. The first kappa shape index (κ1) is 16.1. The van der Waals surface area contributed by atoms with Crippen LogP contribution in [-0.2, 0) is 17.0 Å². The van der Waals surface area contributed by atoms with Gasteiger partial charge in [-0.25, -0.2) is 0 Å². The number of rotatable bonds is 6. The summed E-state index contributed by atoms with van der Waals surface area (Å²) < 4.78 is 0. The van der Waals surface area contributed by atoms with Gasteiger partial charge in [-0.05, 0) is 42.2 Å². The number of hydrogen-bond acceptors (Lipinski definition) is 2. The average molecular weight is 325 g/mol. The van der Waals surface area contributed by atoms with Crippen LogP contribution >= 0.6 is 11.8 Å². The Labute approximate surface area is 142 Å². The van der Waals surface area contributed by atoms with E-state index in [1.807, 2.05) is 28.8 Å². The predicted molar refractivity (Wildman–Crippen MR) is 99.0 cm³/mol. The molecule has 1 aliphatic heterocycles. The maximum Gasteiger partial charge on any atom is 0.227 e. The molecule has 1 amide bonds. The lowest BCUT2D eigenvalue weighted by atomic mass is 10.0. The molecule has 3 rings (SSSR count). The molecular weight excluding hydrogens is 302 g/mol. The van der Waals surface area contributed by atoms with Crippen LogP contribution in [0.2, 0.25) is 0 Å². The van der Waals surface area contributed by atoms with E-state index in [0.29, 0.717) is 6.42 Å². The Morgan fingerprint density at radius 2 is 1.83 bits per heavy atom. The van der Waals surface area contributed by atoms with Gasteiger partial charge in [0.05, 0.1) is 0 Å². The summed E-state index contributed by atoms with van der Waals surface area (Å²) in [4.78, 5) is 14.5. The molecule has 0 atom stereocenters. The van der Waals surface area contributed by atoms with Crippen LogP contribution in [0.4, 0.5) is 5.69 Å². The highest BCUT2D eigenvalue weighted by atomic mass is 32.2. The van der Waals surface area contributed by atoms with E-state index in [-0.39, 0.29) is 5.91 Å². The number of anilines is 1. The number of fused-ring (bicyclic) bond motifs is 1. The molecule has 120 valence electrons. The maximum atomic E-state index is 12.5. The standard InChI is InChI=1S/C20H23NOS/c22-20(13-7-15-23-16-17-8-2-1-3-9-17)21-14-6-11-18-10-4-5-12-19(18)21/h1-5,8-10,12H,6-7,11,13-16H2. The van der Waals surface area contributed by atoms with E-state index in [1.165, 1.54) is 11.1 Å². The summed E-state index contributed by atoms with van der Waals surface area (Å²) in [7, 11) is 0. The fourth-order valence-electron chi connectivity index (χ4n) is 3.02. The molecule has 0 fully saturated rings. The first-order valence-electron chi connectivity index (χ1n) is 8.34. The van der Waals surface area contributed by atoms with Crippen LogP contribution in [-0.4, -0.2) is 18.2 Å². The summed E-state index contributed by atoms with van der Waals surface area (Å²) in [5, 5.41) is 0. The van der Waals surface area contributed by atoms with E-state index in [1.54, 1.807) is 0 Å². The monoisotopic (exact) mass is 325 g/mol.